The van der Waals surface area contributed by atoms with Gasteiger partial charge >= 0.3 is 5.97 Å². The molecular formula is C12H9N3O2S. The quantitative estimate of drug-likeness (QED) is 0.741. The van der Waals surface area contributed by atoms with Crippen molar-refractivity contribution in [3.8, 4) is 10.7 Å². The number of rotatable bonds is 2. The first-order valence-corrected chi connectivity index (χ1v) is 6.11. The second kappa shape index (κ2) is 3.92. The summed E-state index contributed by atoms with van der Waals surface area (Å²) in [7, 11) is 0. The van der Waals surface area contributed by atoms with Crippen molar-refractivity contribution < 1.29 is 9.90 Å². The van der Waals surface area contributed by atoms with Gasteiger partial charge in [0.1, 0.15) is 10.7 Å². The predicted molar refractivity (Wildman–Crippen MR) is 68.9 cm³/mol. The monoisotopic (exact) mass is 259 g/mol. The summed E-state index contributed by atoms with van der Waals surface area (Å²) in [4.78, 5) is 22.2. The highest BCUT2D eigenvalue weighted by atomic mass is 32.1. The number of H-pyrrole nitrogens is 1. The summed E-state index contributed by atoms with van der Waals surface area (Å²) in [6.07, 6.45) is 1.37. The fourth-order valence-corrected chi connectivity index (χ4v) is 2.87. The average Bonchev–Trinajstić information content (AvgIpc) is 2.95. The molecule has 0 unspecified atom stereocenters. The minimum Gasteiger partial charge on any atom is -0.476 e. The minimum absolute atomic E-state index is 0.00621. The number of aromatic nitrogens is 3. The van der Waals surface area contributed by atoms with Gasteiger partial charge in [-0.3, -0.25) is 0 Å². The molecule has 0 spiro atoms. The molecule has 3 rings (SSSR count). The molecule has 0 aliphatic carbocycles. The first kappa shape index (κ1) is 10.9. The molecule has 0 saturated heterocycles. The van der Waals surface area contributed by atoms with E-state index in [1.54, 1.807) is 0 Å². The van der Waals surface area contributed by atoms with Crippen LogP contribution in [-0.2, 0) is 0 Å². The maximum atomic E-state index is 11.0. The molecule has 0 atom stereocenters. The van der Waals surface area contributed by atoms with Crippen LogP contribution in [-0.4, -0.2) is 26.0 Å². The fraction of sp³-hybridized carbons (Fsp3) is 0.0833. The maximum absolute atomic E-state index is 11.0. The Morgan fingerprint density at radius 3 is 3.00 bits per heavy atom. The summed E-state index contributed by atoms with van der Waals surface area (Å²) in [5.41, 5.74) is 2.45. The number of imidazole rings is 1. The van der Waals surface area contributed by atoms with E-state index in [0.717, 1.165) is 15.8 Å². The minimum atomic E-state index is -1.05. The number of carbonyl (C=O) groups is 1. The summed E-state index contributed by atoms with van der Waals surface area (Å²) in [5.74, 6) is -1.05. The highest BCUT2D eigenvalue weighted by molar-refractivity contribution is 7.21. The van der Waals surface area contributed by atoms with Crippen LogP contribution in [0, 0.1) is 6.92 Å². The van der Waals surface area contributed by atoms with E-state index in [2.05, 4.69) is 15.0 Å². The van der Waals surface area contributed by atoms with Crippen molar-refractivity contribution in [2.24, 2.45) is 0 Å². The molecule has 1 aromatic carbocycles. The van der Waals surface area contributed by atoms with Crippen LogP contribution in [0.5, 0.6) is 0 Å². The molecule has 18 heavy (non-hydrogen) atoms. The van der Waals surface area contributed by atoms with Crippen molar-refractivity contribution in [2.45, 2.75) is 6.92 Å². The molecule has 2 heterocycles. The Morgan fingerprint density at radius 1 is 1.44 bits per heavy atom. The third kappa shape index (κ3) is 1.58. The molecule has 3 aromatic rings. The van der Waals surface area contributed by atoms with Gasteiger partial charge in [-0.25, -0.2) is 14.8 Å². The van der Waals surface area contributed by atoms with Gasteiger partial charge in [0.2, 0.25) is 0 Å². The van der Waals surface area contributed by atoms with Crippen LogP contribution in [0.1, 0.15) is 16.1 Å². The van der Waals surface area contributed by atoms with Gasteiger partial charge in [0.05, 0.1) is 16.5 Å². The van der Waals surface area contributed by atoms with Gasteiger partial charge < -0.3 is 10.1 Å². The Hall–Kier alpha value is -2.21. The molecule has 0 aliphatic rings. The Morgan fingerprint density at radius 2 is 2.28 bits per heavy atom. The number of aryl methyl sites for hydroxylation is 1. The van der Waals surface area contributed by atoms with Gasteiger partial charge in [0.25, 0.3) is 0 Å². The maximum Gasteiger partial charge on any atom is 0.356 e. The van der Waals surface area contributed by atoms with Gasteiger partial charge in [-0.2, -0.15) is 0 Å². The van der Waals surface area contributed by atoms with Crippen molar-refractivity contribution in [1.82, 2.24) is 15.0 Å². The lowest BCUT2D eigenvalue weighted by Crippen LogP contribution is -1.98. The molecule has 0 radical (unpaired) electrons. The van der Waals surface area contributed by atoms with Crippen molar-refractivity contribution in [2.75, 3.05) is 0 Å². The number of para-hydroxylation sites is 1. The van der Waals surface area contributed by atoms with E-state index in [9.17, 15) is 4.79 Å². The smallest absolute Gasteiger partial charge is 0.356 e. The fourth-order valence-electron chi connectivity index (χ4n) is 1.81. The van der Waals surface area contributed by atoms with E-state index < -0.39 is 5.97 Å². The molecule has 0 amide bonds. The second-order valence-electron chi connectivity index (χ2n) is 3.87. The van der Waals surface area contributed by atoms with Crippen LogP contribution in [0.25, 0.3) is 20.9 Å². The van der Waals surface area contributed by atoms with Gasteiger partial charge in [-0.1, -0.05) is 12.1 Å². The Kier molecular flexibility index (Phi) is 2.38. The number of benzene rings is 1. The van der Waals surface area contributed by atoms with Gasteiger partial charge in [-0.15, -0.1) is 11.3 Å². The van der Waals surface area contributed by atoms with Crippen LogP contribution in [0.15, 0.2) is 24.5 Å². The zero-order valence-corrected chi connectivity index (χ0v) is 10.3. The van der Waals surface area contributed by atoms with E-state index in [-0.39, 0.29) is 5.69 Å². The average molecular weight is 259 g/mol. The molecule has 0 saturated carbocycles. The number of hydrogen-bond acceptors (Lipinski definition) is 4. The summed E-state index contributed by atoms with van der Waals surface area (Å²) in [5, 5.41) is 9.69. The number of aromatic amines is 1. The van der Waals surface area contributed by atoms with Gasteiger partial charge in [0, 0.05) is 0 Å². The Balaban J connectivity index is 2.23. The Bertz CT molecular complexity index is 745. The number of hydrogen-bond donors (Lipinski definition) is 2. The number of fused-ring (bicyclic) bond motifs is 1. The number of nitrogens with one attached hydrogen (secondary N) is 1. The first-order valence-electron chi connectivity index (χ1n) is 5.30. The van der Waals surface area contributed by atoms with Crippen LogP contribution in [0.2, 0.25) is 0 Å². The molecular weight excluding hydrogens is 250 g/mol. The largest absolute Gasteiger partial charge is 0.476 e. The molecule has 6 heteroatoms. The molecule has 0 bridgehead atoms. The number of thiazole rings is 1. The lowest BCUT2D eigenvalue weighted by Gasteiger charge is -1.92. The van der Waals surface area contributed by atoms with E-state index in [0.29, 0.717) is 10.7 Å². The van der Waals surface area contributed by atoms with Crippen LogP contribution < -0.4 is 0 Å². The lowest BCUT2D eigenvalue weighted by atomic mass is 10.2. The summed E-state index contributed by atoms with van der Waals surface area (Å²) >= 11 is 1.46. The highest BCUT2D eigenvalue weighted by Crippen LogP contribution is 2.31. The number of aromatic carboxylic acids is 1. The van der Waals surface area contributed by atoms with Crippen LogP contribution in [0.4, 0.5) is 0 Å². The van der Waals surface area contributed by atoms with Crippen molar-refractivity contribution in [3.63, 3.8) is 0 Å². The van der Waals surface area contributed by atoms with Crippen molar-refractivity contribution in [3.05, 3.63) is 35.8 Å². The third-order valence-corrected chi connectivity index (χ3v) is 3.71. The topological polar surface area (TPSA) is 78.9 Å². The first-order chi connectivity index (χ1) is 8.66. The molecule has 0 fully saturated rings. The van der Waals surface area contributed by atoms with E-state index in [1.807, 2.05) is 25.1 Å². The van der Waals surface area contributed by atoms with Crippen LogP contribution >= 0.6 is 11.3 Å². The number of carboxylic acid groups (broad SMARTS) is 1. The third-order valence-electron chi connectivity index (χ3n) is 2.68. The zero-order chi connectivity index (χ0) is 12.7. The molecule has 2 N–H and O–H groups in total. The number of carboxylic acids is 1. The van der Waals surface area contributed by atoms with E-state index >= 15 is 0 Å². The molecule has 2 aromatic heterocycles. The standard InChI is InChI=1S/C12H9N3O2S/c1-6-3-2-4-7-8(6)15-11(18-7)9-10(12(16)17)14-5-13-9/h2-5H,1H3,(H,13,14)(H,16,17). The van der Waals surface area contributed by atoms with Gasteiger partial charge in [0.15, 0.2) is 5.69 Å². The molecule has 0 aliphatic heterocycles. The molecule has 90 valence electrons. The Labute approximate surface area is 106 Å². The van der Waals surface area contributed by atoms with Crippen molar-refractivity contribution in [1.29, 1.82) is 0 Å². The lowest BCUT2D eigenvalue weighted by molar-refractivity contribution is 0.0692. The second-order valence-corrected chi connectivity index (χ2v) is 4.90. The predicted octanol–water partition coefficient (Wildman–Crippen LogP) is 2.69. The van der Waals surface area contributed by atoms with Crippen LogP contribution in [0.3, 0.4) is 0 Å². The highest BCUT2D eigenvalue weighted by Gasteiger charge is 2.18. The van der Waals surface area contributed by atoms with E-state index in [4.69, 9.17) is 5.11 Å². The summed E-state index contributed by atoms with van der Waals surface area (Å²) < 4.78 is 1.04. The van der Waals surface area contributed by atoms with Gasteiger partial charge in [-0.05, 0) is 18.6 Å². The number of nitrogens with zero attached hydrogens (tertiary/aromatic N) is 2. The van der Waals surface area contributed by atoms with Crippen molar-refractivity contribution >= 4 is 27.5 Å². The van der Waals surface area contributed by atoms with E-state index in [1.165, 1.54) is 17.7 Å². The summed E-state index contributed by atoms with van der Waals surface area (Å²) in [6.45, 7) is 1.98. The summed E-state index contributed by atoms with van der Waals surface area (Å²) in [6, 6.07) is 5.92. The zero-order valence-electron chi connectivity index (χ0n) is 9.47. The normalized spacial score (nSPS) is 10.9. The SMILES string of the molecule is Cc1cccc2sc(-c3[nH]cnc3C(=O)O)nc12. The molecule has 5 nitrogen and oxygen atoms in total.